The summed E-state index contributed by atoms with van der Waals surface area (Å²) < 4.78 is 0. The molecule has 2 N–H and O–H groups in total. The summed E-state index contributed by atoms with van der Waals surface area (Å²) in [4.78, 5) is 43.3. The summed E-state index contributed by atoms with van der Waals surface area (Å²) in [7, 11) is 0. The van der Waals surface area contributed by atoms with Gasteiger partial charge < -0.3 is 10.2 Å². The summed E-state index contributed by atoms with van der Waals surface area (Å²) in [5.41, 5.74) is 19.9. The largest absolute Gasteiger partial charge is 3.00 e. The van der Waals surface area contributed by atoms with Crippen LogP contribution in [-0.4, -0.2) is 46.7 Å². The molecule has 0 fully saturated rings. The van der Waals surface area contributed by atoms with Crippen LogP contribution in [0.4, 0.5) is 0 Å². The maximum atomic E-state index is 10.0. The van der Waals surface area contributed by atoms with Crippen LogP contribution in [0, 0.1) is 56.3 Å². The van der Waals surface area contributed by atoms with Gasteiger partial charge in [-0.05, 0) is 113 Å². The van der Waals surface area contributed by atoms with Gasteiger partial charge in [-0.15, -0.1) is 184 Å². The van der Waals surface area contributed by atoms with Gasteiger partial charge in [0, 0.05) is 92.6 Å². The Morgan fingerprint density at radius 3 is 0.889 bits per heavy atom. The van der Waals surface area contributed by atoms with Crippen molar-refractivity contribution in [3.05, 3.63) is 429 Å². The van der Waals surface area contributed by atoms with E-state index in [0.717, 1.165) is 100 Å². The molecule has 117 heavy (non-hydrogen) atoms. The Morgan fingerprint density at radius 1 is 0.274 bits per heavy atom. The van der Waals surface area contributed by atoms with Crippen molar-refractivity contribution in [3.8, 4) is 67.4 Å². The van der Waals surface area contributed by atoms with Gasteiger partial charge in [-0.3, -0.25) is 34.5 Å². The second kappa shape index (κ2) is 49.7. The van der Waals surface area contributed by atoms with Crippen LogP contribution in [0.1, 0.15) is 38.8 Å². The van der Waals surface area contributed by atoms with E-state index < -0.39 is 0 Å². The summed E-state index contributed by atoms with van der Waals surface area (Å²) in [6.07, 6.45) is 2.33. The number of pyridine rings is 5. The van der Waals surface area contributed by atoms with Crippen LogP contribution >= 0.6 is 0 Å². The monoisotopic (exact) mass is 2420 g/mol. The van der Waals surface area contributed by atoms with E-state index in [-0.39, 0.29) is 124 Å². The van der Waals surface area contributed by atoms with E-state index in [1.165, 1.54) is 83.3 Å². The fourth-order valence-electron chi connectivity index (χ4n) is 11.7. The zero-order valence-corrected chi connectivity index (χ0v) is 76.7. The predicted octanol–water partition coefficient (Wildman–Crippen LogP) is 25.3. The zero-order chi connectivity index (χ0) is 78.2. The molecule has 0 spiro atoms. The number of fused-ring (bicyclic) bond motifs is 6. The summed E-state index contributed by atoms with van der Waals surface area (Å²) >= 11 is 0. The Morgan fingerprint density at radius 2 is 0.564 bits per heavy atom. The fourth-order valence-corrected chi connectivity index (χ4v) is 11.7. The minimum Gasteiger partial charge on any atom is -0.512 e. The molecule has 5 aromatic heterocycles. The van der Waals surface area contributed by atoms with E-state index in [1.54, 1.807) is 0 Å². The number of nitrogens with zero attached hydrogens (tertiary/aromatic N) is 5. The molecule has 5 heterocycles. The van der Waals surface area contributed by atoms with Crippen LogP contribution in [0.5, 0.6) is 0 Å². The molecule has 0 amide bonds. The average Bonchev–Trinajstić information content (AvgIpc) is 0.822. The first-order chi connectivity index (χ1) is 54.7. The van der Waals surface area contributed by atoms with Gasteiger partial charge in [0.1, 0.15) is 0 Å². The maximum Gasteiger partial charge on any atom is 3.00 e. The first-order valence-corrected chi connectivity index (χ1v) is 36.5. The molecule has 14 heteroatoms. The van der Waals surface area contributed by atoms with Crippen molar-refractivity contribution < 1.29 is 120 Å². The number of rotatable bonds is 8. The first kappa shape index (κ1) is 94.7. The van der Waals surface area contributed by atoms with Crippen LogP contribution in [0.25, 0.3) is 133 Å². The Hall–Kier alpha value is -11.2. The minimum atomic E-state index is -0.125. The number of carbonyl (C=O) groups excluding carboxylic acids is 2. The number of hydrogen-bond donors (Lipinski definition) is 2. The molecule has 0 unspecified atom stereocenters. The first-order valence-electron chi connectivity index (χ1n) is 36.5. The molecule has 0 atom stereocenters. The molecule has 9 nitrogen and oxygen atoms in total. The van der Waals surface area contributed by atoms with Crippen LogP contribution in [0.15, 0.2) is 376 Å². The second-order valence-corrected chi connectivity index (χ2v) is 25.8. The molecule has 0 aliphatic carbocycles. The van der Waals surface area contributed by atoms with Crippen molar-refractivity contribution in [1.29, 1.82) is 0 Å². The van der Waals surface area contributed by atoms with Gasteiger partial charge >= 0.3 is 20.1 Å². The topological polar surface area (TPSA) is 139 Å². The van der Waals surface area contributed by atoms with Crippen molar-refractivity contribution in [2.45, 2.75) is 41.5 Å². The van der Waals surface area contributed by atoms with Gasteiger partial charge in [-0.2, -0.15) is 48.5 Å². The number of aromatic nitrogens is 5. The standard InChI is InChI=1S/C19H12N.2C16H12N.2C15H10N.C12H8.2C5H8O2.5Ir/c1-2-7-16-13-17(10-9-14(16)5-1)19-12-11-15-6-3-4-8-18(15)20-19;1-12-6-2-4-8-14(12)16-11-10-13-7-3-5-9-15(13)17-16;1-12-5-4-7-14(11-12)16-10-9-13-6-2-3-8-15(13)17-16;2*1-2-6-12(7-3-1)15-11-10-13-8-4-5-9-14(13)16-15;1-3-7-11(8-4-1)12-9-5-2-6-10-12;2*1-4(6)3-5(2)7;;;;;/h1-9,11-13H;2-7,9-11H,1H3;2-6,8-11H,1H3;2*1-6,8-11H;1-7,9H;2*3,6H,1-2H3;;;;;/q5*-1;-2;;;;;;;+3. The number of hydrogen-bond acceptors (Lipinski definition) is 9. The third-order valence-corrected chi connectivity index (χ3v) is 17.0. The van der Waals surface area contributed by atoms with Gasteiger partial charge in [0.15, 0.2) is 11.6 Å². The number of para-hydroxylation sites is 5. The van der Waals surface area contributed by atoms with E-state index in [0.29, 0.717) is 0 Å². The summed E-state index contributed by atoms with van der Waals surface area (Å²) in [5, 5.41) is 25.0. The van der Waals surface area contributed by atoms with E-state index in [4.69, 9.17) is 15.2 Å². The van der Waals surface area contributed by atoms with Crippen molar-refractivity contribution in [3.63, 3.8) is 0 Å². The molecule has 0 saturated heterocycles. The van der Waals surface area contributed by atoms with Crippen LogP contribution < -0.4 is 0 Å². The van der Waals surface area contributed by atoms with Crippen molar-refractivity contribution in [2.24, 2.45) is 0 Å². The number of allylic oxidation sites excluding steroid dienone is 4. The van der Waals surface area contributed by atoms with Gasteiger partial charge in [-0.25, -0.2) is 11.1 Å². The normalized spacial score (nSPS) is 10.2. The second-order valence-electron chi connectivity index (χ2n) is 25.8. The maximum absolute atomic E-state index is 10.0. The van der Waals surface area contributed by atoms with Gasteiger partial charge in [0.2, 0.25) is 0 Å². The summed E-state index contributed by atoms with van der Waals surface area (Å²) in [5.74, 6) is -0.125. The molecule has 590 valence electrons. The quantitative estimate of drug-likeness (QED) is 0.0865. The SMILES string of the molecule is CC(=O)C=C(C)O.CC(=O)C=C(C)O.Cc1cc[c-]c(-c2ccc3ccccc3n2)c1.Cc1ccc[c-]c1-c1ccc2ccccc2n1.[Ir+3].[Ir].[Ir].[Ir].[Ir].[c-]1cc2ccccc2cc1-c1ccc2ccccc2n1.[c-]1ccccc1-c1[c-]cccc1.[c-]1ccccc1-c1ccc2ccccc2n1.[c-]1ccccc1-c1ccc2ccccc2n1. The molecule has 0 saturated carbocycles. The Balaban J connectivity index is 0.000000210. The molecular formula is C103H80Ir5N5O4-4. The number of aryl methyl sites for hydroxylation is 2. The van der Waals surface area contributed by atoms with E-state index in [9.17, 15) is 9.59 Å². The fraction of sp³-hybridized carbons (Fsp3) is 0.0583. The molecule has 0 aliphatic rings. The molecular weight excluding hydrogens is 2330 g/mol. The molecule has 13 aromatic carbocycles. The Labute approximate surface area is 753 Å². The van der Waals surface area contributed by atoms with Crippen molar-refractivity contribution in [2.75, 3.05) is 0 Å². The predicted molar refractivity (Wildman–Crippen MR) is 461 cm³/mol. The van der Waals surface area contributed by atoms with Crippen LogP contribution in [0.3, 0.4) is 0 Å². The Kier molecular flexibility index (Phi) is 40.2. The van der Waals surface area contributed by atoms with Crippen LogP contribution in [-0.2, 0) is 110 Å². The summed E-state index contributed by atoms with van der Waals surface area (Å²) in [6.45, 7) is 9.86. The molecule has 18 rings (SSSR count). The number of benzene rings is 13. The minimum absolute atomic E-state index is 0. The van der Waals surface area contributed by atoms with Crippen molar-refractivity contribution >= 4 is 76.9 Å². The van der Waals surface area contributed by atoms with Crippen LogP contribution in [0.2, 0.25) is 0 Å². The van der Waals surface area contributed by atoms with Gasteiger partial charge in [0.05, 0.1) is 39.1 Å². The van der Waals surface area contributed by atoms with E-state index in [2.05, 4.69) is 185 Å². The average molecular weight is 2410 g/mol. The number of ketones is 2. The molecule has 0 aliphatic heterocycles. The smallest absolute Gasteiger partial charge is 0.512 e. The Bertz CT molecular complexity index is 5930. The van der Waals surface area contributed by atoms with E-state index in [1.807, 2.05) is 243 Å². The number of aliphatic hydroxyl groups is 2. The molecule has 4 radical (unpaired) electrons. The summed E-state index contributed by atoms with van der Waals surface area (Å²) in [6, 6.07) is 140. The third-order valence-electron chi connectivity index (χ3n) is 17.0. The number of aliphatic hydroxyl groups excluding tert-OH is 2. The third kappa shape index (κ3) is 29.5. The van der Waals surface area contributed by atoms with Gasteiger partial charge in [0.25, 0.3) is 0 Å². The molecule has 0 bridgehead atoms. The van der Waals surface area contributed by atoms with Crippen molar-refractivity contribution in [1.82, 2.24) is 24.9 Å². The van der Waals surface area contributed by atoms with E-state index >= 15 is 0 Å². The molecule has 18 aromatic rings. The van der Waals surface area contributed by atoms with Gasteiger partial charge in [-0.1, -0.05) is 195 Å². The zero-order valence-electron chi connectivity index (χ0n) is 64.8. The number of carbonyl (C=O) groups is 2.